The molecule has 47 heavy (non-hydrogen) atoms. The molecule has 18 heteroatoms. The molecule has 0 radical (unpaired) electrons. The topological polar surface area (TPSA) is 244 Å². The first-order chi connectivity index (χ1) is 22.2. The average molecular weight is 696 g/mol. The predicted molar refractivity (Wildman–Crippen MR) is 171 cm³/mol. The number of para-hydroxylation sites is 1. The standard InChI is InChI=1S/C29H22ClN7O8S2/c30-27-35-28(33-14-6-2-1-3-7-14)37-29(36-27)34-18-11-10-15(12-20(18)46(40,41)42)32-19-13-21(47(43,44)45)24(31)23-22(19)25(38)16-8-4-5-9-17(16)26(23)39/h1-13,22-23,32H,31H2,(H,40,41,42)(H,43,44,45)(H2,33,34,35,36,37). The van der Waals surface area contributed by atoms with Gasteiger partial charge in [0.1, 0.15) is 9.80 Å². The first kappa shape index (κ1) is 31.8. The molecule has 0 aliphatic heterocycles. The van der Waals surface area contributed by atoms with Crippen molar-refractivity contribution < 1.29 is 35.5 Å². The third kappa shape index (κ3) is 6.29. The molecule has 0 spiro atoms. The van der Waals surface area contributed by atoms with E-state index in [1.807, 2.05) is 6.07 Å². The first-order valence-electron chi connectivity index (χ1n) is 13.5. The Hall–Kier alpha value is -5.20. The molecule has 2 aliphatic carbocycles. The van der Waals surface area contributed by atoms with Gasteiger partial charge >= 0.3 is 0 Å². The van der Waals surface area contributed by atoms with E-state index >= 15 is 0 Å². The Kier molecular flexibility index (Phi) is 8.02. The molecule has 0 bridgehead atoms. The zero-order valence-corrected chi connectivity index (χ0v) is 26.0. The number of fused-ring (bicyclic) bond motifs is 2. The number of anilines is 5. The number of hydrogen-bond donors (Lipinski definition) is 6. The smallest absolute Gasteiger partial charge is 0.296 e. The first-order valence-corrected chi connectivity index (χ1v) is 16.7. The molecule has 2 atom stereocenters. The molecule has 240 valence electrons. The second-order valence-corrected chi connectivity index (χ2v) is 13.4. The Morgan fingerprint density at radius 1 is 0.702 bits per heavy atom. The van der Waals surface area contributed by atoms with Crippen LogP contribution in [0.1, 0.15) is 20.7 Å². The van der Waals surface area contributed by atoms with Crippen LogP contribution in [0, 0.1) is 11.8 Å². The van der Waals surface area contributed by atoms with E-state index in [2.05, 4.69) is 30.9 Å². The lowest BCUT2D eigenvalue weighted by molar-refractivity contribution is 0.0785. The summed E-state index contributed by atoms with van der Waals surface area (Å²) in [6.45, 7) is 0. The third-order valence-corrected chi connectivity index (χ3v) is 9.28. The average Bonchev–Trinajstić information content (AvgIpc) is 3.00. The largest absolute Gasteiger partial charge is 0.400 e. The number of allylic oxidation sites excluding steroid dienone is 3. The number of ketones is 2. The minimum atomic E-state index is -4.98. The van der Waals surface area contributed by atoms with Gasteiger partial charge in [0.2, 0.25) is 17.2 Å². The van der Waals surface area contributed by atoms with Gasteiger partial charge in [-0.2, -0.15) is 31.8 Å². The van der Waals surface area contributed by atoms with Crippen LogP contribution >= 0.6 is 11.6 Å². The molecule has 4 aromatic rings. The van der Waals surface area contributed by atoms with Gasteiger partial charge in [0, 0.05) is 33.9 Å². The number of rotatable bonds is 8. The summed E-state index contributed by atoms with van der Waals surface area (Å²) in [4.78, 5) is 37.8. The van der Waals surface area contributed by atoms with Gasteiger partial charge < -0.3 is 21.7 Å². The fourth-order valence-electron chi connectivity index (χ4n) is 5.31. The van der Waals surface area contributed by atoms with Crippen molar-refractivity contribution in [3.05, 3.63) is 112 Å². The number of carbonyl (C=O) groups is 2. The molecule has 2 unspecified atom stereocenters. The number of nitrogens with two attached hydrogens (primary N) is 1. The Balaban J connectivity index is 1.38. The molecular weight excluding hydrogens is 674 g/mol. The molecule has 15 nitrogen and oxygen atoms in total. The van der Waals surface area contributed by atoms with E-state index in [1.165, 1.54) is 30.3 Å². The van der Waals surface area contributed by atoms with E-state index in [1.54, 1.807) is 30.3 Å². The maximum atomic E-state index is 13.6. The maximum Gasteiger partial charge on any atom is 0.296 e. The van der Waals surface area contributed by atoms with Crippen LogP contribution in [0.4, 0.5) is 29.0 Å². The summed E-state index contributed by atoms with van der Waals surface area (Å²) in [5.41, 5.74) is 5.86. The molecule has 0 fully saturated rings. The van der Waals surface area contributed by atoms with Crippen LogP contribution in [0.3, 0.4) is 0 Å². The van der Waals surface area contributed by atoms with Crippen molar-refractivity contribution in [2.75, 3.05) is 16.0 Å². The van der Waals surface area contributed by atoms with E-state index in [4.69, 9.17) is 17.3 Å². The number of nitrogens with one attached hydrogen (secondary N) is 3. The second kappa shape index (κ2) is 11.9. The van der Waals surface area contributed by atoms with Crippen LogP contribution in [-0.4, -0.2) is 52.5 Å². The number of aromatic nitrogens is 3. The Morgan fingerprint density at radius 2 is 1.30 bits per heavy atom. The molecule has 3 aromatic carbocycles. The summed E-state index contributed by atoms with van der Waals surface area (Å²) < 4.78 is 69.5. The van der Waals surface area contributed by atoms with Gasteiger partial charge in [-0.25, -0.2) is 0 Å². The van der Waals surface area contributed by atoms with Crippen molar-refractivity contribution in [2.24, 2.45) is 17.6 Å². The zero-order valence-electron chi connectivity index (χ0n) is 23.6. The van der Waals surface area contributed by atoms with Gasteiger partial charge in [-0.3, -0.25) is 18.7 Å². The van der Waals surface area contributed by atoms with Crippen LogP contribution in [0.15, 0.2) is 100 Å². The molecule has 0 saturated heterocycles. The van der Waals surface area contributed by atoms with Gasteiger partial charge in [-0.1, -0.05) is 42.5 Å². The van der Waals surface area contributed by atoms with Gasteiger partial charge in [0.25, 0.3) is 20.2 Å². The number of benzene rings is 3. The van der Waals surface area contributed by atoms with Crippen LogP contribution in [0.25, 0.3) is 0 Å². The van der Waals surface area contributed by atoms with E-state index in [0.717, 1.165) is 12.1 Å². The lowest BCUT2D eigenvalue weighted by atomic mass is 9.69. The number of Topliss-reactive ketones (excluding diaryl/α,β-unsaturated/α-hetero) is 2. The minimum Gasteiger partial charge on any atom is -0.400 e. The fraction of sp³-hybridized carbons (Fsp3) is 0.0690. The quantitative estimate of drug-likeness (QED) is 0.143. The summed E-state index contributed by atoms with van der Waals surface area (Å²) >= 11 is 6.06. The van der Waals surface area contributed by atoms with Crippen molar-refractivity contribution in [3.8, 4) is 0 Å². The van der Waals surface area contributed by atoms with Crippen LogP contribution < -0.4 is 21.7 Å². The van der Waals surface area contributed by atoms with E-state index in [9.17, 15) is 35.5 Å². The molecule has 1 aromatic heterocycles. The van der Waals surface area contributed by atoms with Crippen LogP contribution in [-0.2, 0) is 20.2 Å². The highest BCUT2D eigenvalue weighted by Crippen LogP contribution is 2.43. The summed E-state index contributed by atoms with van der Waals surface area (Å²) in [6.07, 6.45) is 0.901. The number of nitrogens with zero attached hydrogens (tertiary/aromatic N) is 3. The molecule has 6 rings (SSSR count). The Bertz CT molecular complexity index is 2260. The van der Waals surface area contributed by atoms with Crippen molar-refractivity contribution in [1.29, 1.82) is 0 Å². The van der Waals surface area contributed by atoms with Crippen molar-refractivity contribution in [1.82, 2.24) is 15.0 Å². The van der Waals surface area contributed by atoms with E-state index < -0.39 is 59.1 Å². The molecular formula is C29H22ClN7O8S2. The van der Waals surface area contributed by atoms with Gasteiger partial charge in [0.05, 0.1) is 17.5 Å². The summed E-state index contributed by atoms with van der Waals surface area (Å²) in [5.74, 6) is -4.21. The molecule has 2 aliphatic rings. The number of halogens is 1. The van der Waals surface area contributed by atoms with Crippen LogP contribution in [0.2, 0.25) is 5.28 Å². The van der Waals surface area contributed by atoms with E-state index in [-0.39, 0.29) is 45.4 Å². The van der Waals surface area contributed by atoms with E-state index in [0.29, 0.717) is 5.69 Å². The lowest BCUT2D eigenvalue weighted by Gasteiger charge is -2.36. The van der Waals surface area contributed by atoms with Gasteiger partial charge in [-0.15, -0.1) is 0 Å². The number of carbonyl (C=O) groups excluding carboxylic acids is 2. The Morgan fingerprint density at radius 3 is 1.91 bits per heavy atom. The zero-order chi connectivity index (χ0) is 33.7. The molecule has 7 N–H and O–H groups in total. The Labute approximate surface area is 272 Å². The molecule has 0 amide bonds. The predicted octanol–water partition coefficient (Wildman–Crippen LogP) is 3.94. The SMILES string of the molecule is NC1=C(S(=O)(=O)O)C=C(Nc2ccc(Nc3nc(Cl)nc(Nc4ccccc4)n3)c(S(=O)(=O)O)c2)C2C(=O)c3ccccc3C(=O)C12. The molecule has 1 heterocycles. The summed E-state index contributed by atoms with van der Waals surface area (Å²) in [6, 6.07) is 18.3. The van der Waals surface area contributed by atoms with Crippen LogP contribution in [0.5, 0.6) is 0 Å². The number of hydrogen-bond acceptors (Lipinski definition) is 13. The highest BCUT2D eigenvalue weighted by atomic mass is 35.5. The monoisotopic (exact) mass is 695 g/mol. The maximum absolute atomic E-state index is 13.6. The fourth-order valence-corrected chi connectivity index (χ4v) is 6.85. The van der Waals surface area contributed by atoms with Gasteiger partial charge in [-0.05, 0) is 48.0 Å². The lowest BCUT2D eigenvalue weighted by Crippen LogP contribution is -2.44. The second-order valence-electron chi connectivity index (χ2n) is 10.3. The van der Waals surface area contributed by atoms with Crippen molar-refractivity contribution in [2.45, 2.75) is 4.90 Å². The highest BCUT2D eigenvalue weighted by Gasteiger charge is 2.48. The molecule has 0 saturated carbocycles. The third-order valence-electron chi connectivity index (χ3n) is 7.31. The van der Waals surface area contributed by atoms with Gasteiger partial charge in [0.15, 0.2) is 11.6 Å². The van der Waals surface area contributed by atoms with Crippen molar-refractivity contribution >= 4 is 72.4 Å². The highest BCUT2D eigenvalue weighted by molar-refractivity contribution is 7.90. The minimum absolute atomic E-state index is 0.0272. The summed E-state index contributed by atoms with van der Waals surface area (Å²) in [5, 5.41) is 8.15. The summed E-state index contributed by atoms with van der Waals surface area (Å²) in [7, 11) is -9.91. The normalized spacial score (nSPS) is 17.8. The van der Waals surface area contributed by atoms with Crippen molar-refractivity contribution in [3.63, 3.8) is 0 Å².